The highest BCUT2D eigenvalue weighted by molar-refractivity contribution is 6.32. The Morgan fingerprint density at radius 1 is 1.35 bits per heavy atom. The number of anilines is 1. The summed E-state index contributed by atoms with van der Waals surface area (Å²) in [5.74, 6) is 6.50. The number of nitrogens with zero attached hydrogens (tertiary/aromatic N) is 4. The van der Waals surface area contributed by atoms with Crippen molar-refractivity contribution in [3.63, 3.8) is 0 Å². The van der Waals surface area contributed by atoms with Crippen LogP contribution in [0.15, 0.2) is 29.1 Å². The summed E-state index contributed by atoms with van der Waals surface area (Å²) < 4.78 is 1.37. The normalized spacial score (nSPS) is 10.6. The SMILES string of the molecule is CCCN(N)c1nc(C)n(-c2ccccc2Cl)c(=O)n1. The van der Waals surface area contributed by atoms with Crippen LogP contribution in [-0.2, 0) is 0 Å². The van der Waals surface area contributed by atoms with Gasteiger partial charge in [-0.05, 0) is 25.5 Å². The second-order valence-electron chi connectivity index (χ2n) is 4.33. The Hall–Kier alpha value is -1.92. The molecule has 6 nitrogen and oxygen atoms in total. The molecule has 0 aliphatic rings. The summed E-state index contributed by atoms with van der Waals surface area (Å²) >= 11 is 6.10. The van der Waals surface area contributed by atoms with Gasteiger partial charge in [0.1, 0.15) is 5.82 Å². The zero-order valence-corrected chi connectivity index (χ0v) is 12.1. The minimum absolute atomic E-state index is 0.220. The van der Waals surface area contributed by atoms with Crippen molar-refractivity contribution >= 4 is 17.5 Å². The van der Waals surface area contributed by atoms with E-state index in [1.54, 1.807) is 31.2 Å². The summed E-state index contributed by atoms with van der Waals surface area (Å²) in [6.45, 7) is 4.28. The second-order valence-corrected chi connectivity index (χ2v) is 4.74. The van der Waals surface area contributed by atoms with Crippen LogP contribution in [0.1, 0.15) is 19.2 Å². The minimum Gasteiger partial charge on any atom is -0.279 e. The maximum atomic E-state index is 12.2. The van der Waals surface area contributed by atoms with Gasteiger partial charge in [0, 0.05) is 6.54 Å². The highest BCUT2D eigenvalue weighted by Gasteiger charge is 2.13. The summed E-state index contributed by atoms with van der Waals surface area (Å²) in [6, 6.07) is 7.05. The van der Waals surface area contributed by atoms with Crippen molar-refractivity contribution in [1.29, 1.82) is 0 Å². The van der Waals surface area contributed by atoms with Gasteiger partial charge >= 0.3 is 5.69 Å². The third-order valence-corrected chi connectivity index (χ3v) is 3.11. The van der Waals surface area contributed by atoms with Crippen LogP contribution in [0.3, 0.4) is 0 Å². The van der Waals surface area contributed by atoms with Crippen LogP contribution in [0, 0.1) is 6.92 Å². The fourth-order valence-corrected chi connectivity index (χ4v) is 2.09. The van der Waals surface area contributed by atoms with E-state index in [0.29, 0.717) is 23.1 Å². The van der Waals surface area contributed by atoms with E-state index in [1.807, 2.05) is 6.92 Å². The lowest BCUT2D eigenvalue weighted by atomic mass is 10.3. The molecule has 7 heteroatoms. The molecule has 2 rings (SSSR count). The predicted octanol–water partition coefficient (Wildman–Crippen LogP) is 1.68. The van der Waals surface area contributed by atoms with Gasteiger partial charge < -0.3 is 0 Å². The van der Waals surface area contributed by atoms with Crippen molar-refractivity contribution in [1.82, 2.24) is 14.5 Å². The van der Waals surface area contributed by atoms with Gasteiger partial charge in [-0.1, -0.05) is 30.7 Å². The Labute approximate surface area is 121 Å². The van der Waals surface area contributed by atoms with Crippen molar-refractivity contribution < 1.29 is 0 Å². The van der Waals surface area contributed by atoms with Crippen LogP contribution in [0.5, 0.6) is 0 Å². The summed E-state index contributed by atoms with van der Waals surface area (Å²) in [4.78, 5) is 20.4. The first-order valence-electron chi connectivity index (χ1n) is 6.29. The standard InChI is InChI=1S/C13H16ClN5O/c1-3-8-18(15)12-16-9(2)19(13(20)17-12)11-7-5-4-6-10(11)14/h4-7H,3,8,15H2,1-2H3. The first kappa shape index (κ1) is 14.5. The molecule has 106 valence electrons. The molecule has 1 aromatic heterocycles. The quantitative estimate of drug-likeness (QED) is 0.685. The van der Waals surface area contributed by atoms with Gasteiger partial charge in [0.05, 0.1) is 10.7 Å². The molecule has 0 aliphatic carbocycles. The summed E-state index contributed by atoms with van der Waals surface area (Å²) in [5, 5.41) is 1.83. The Morgan fingerprint density at radius 2 is 2.05 bits per heavy atom. The fraction of sp³-hybridized carbons (Fsp3) is 0.308. The average molecular weight is 294 g/mol. The summed E-state index contributed by atoms with van der Waals surface area (Å²) in [7, 11) is 0. The molecule has 0 fully saturated rings. The highest BCUT2D eigenvalue weighted by atomic mass is 35.5. The maximum Gasteiger partial charge on any atom is 0.356 e. The zero-order valence-electron chi connectivity index (χ0n) is 11.4. The van der Waals surface area contributed by atoms with Crippen LogP contribution < -0.4 is 16.5 Å². The highest BCUT2D eigenvalue weighted by Crippen LogP contribution is 2.19. The summed E-state index contributed by atoms with van der Waals surface area (Å²) in [5.41, 5.74) is 0.106. The Morgan fingerprint density at radius 3 is 2.65 bits per heavy atom. The monoisotopic (exact) mass is 293 g/mol. The van der Waals surface area contributed by atoms with E-state index in [-0.39, 0.29) is 5.95 Å². The van der Waals surface area contributed by atoms with Crippen molar-refractivity contribution in [2.75, 3.05) is 11.6 Å². The molecule has 1 aromatic carbocycles. The van der Waals surface area contributed by atoms with Gasteiger partial charge in [0.15, 0.2) is 0 Å². The zero-order chi connectivity index (χ0) is 14.7. The number of aromatic nitrogens is 3. The molecule has 0 unspecified atom stereocenters. The molecule has 2 N–H and O–H groups in total. The van der Waals surface area contributed by atoms with E-state index < -0.39 is 5.69 Å². The van der Waals surface area contributed by atoms with Crippen LogP contribution in [0.4, 0.5) is 5.95 Å². The van der Waals surface area contributed by atoms with Crippen LogP contribution in [0.2, 0.25) is 5.02 Å². The molecule has 0 aliphatic heterocycles. The molecule has 0 atom stereocenters. The number of benzene rings is 1. The number of aryl methyl sites for hydroxylation is 1. The van der Waals surface area contributed by atoms with Crippen LogP contribution in [-0.4, -0.2) is 21.1 Å². The molecular weight excluding hydrogens is 278 g/mol. The van der Waals surface area contributed by atoms with E-state index in [9.17, 15) is 4.79 Å². The van der Waals surface area contributed by atoms with Crippen LogP contribution in [0.25, 0.3) is 5.69 Å². The van der Waals surface area contributed by atoms with Crippen molar-refractivity contribution in [2.24, 2.45) is 5.84 Å². The van der Waals surface area contributed by atoms with Gasteiger partial charge in [0.2, 0.25) is 5.95 Å². The molecular formula is C13H16ClN5O. The van der Waals surface area contributed by atoms with Crippen molar-refractivity contribution in [3.05, 3.63) is 45.6 Å². The lowest BCUT2D eigenvalue weighted by molar-refractivity contribution is 0.730. The maximum absolute atomic E-state index is 12.2. The van der Waals surface area contributed by atoms with Crippen LogP contribution >= 0.6 is 11.6 Å². The number of hydrogen-bond donors (Lipinski definition) is 1. The predicted molar refractivity (Wildman–Crippen MR) is 79.2 cm³/mol. The first-order chi connectivity index (χ1) is 9.54. The Balaban J connectivity index is 2.53. The lowest BCUT2D eigenvalue weighted by Crippen LogP contribution is -2.37. The third-order valence-electron chi connectivity index (χ3n) is 2.79. The minimum atomic E-state index is -0.452. The fourth-order valence-electron chi connectivity index (χ4n) is 1.87. The molecule has 0 amide bonds. The molecule has 1 heterocycles. The van der Waals surface area contributed by atoms with Crippen molar-refractivity contribution in [2.45, 2.75) is 20.3 Å². The summed E-state index contributed by atoms with van der Waals surface area (Å²) in [6.07, 6.45) is 0.840. The number of para-hydroxylation sites is 1. The lowest BCUT2D eigenvalue weighted by Gasteiger charge is -2.17. The van der Waals surface area contributed by atoms with E-state index in [4.69, 9.17) is 17.4 Å². The number of halogens is 1. The van der Waals surface area contributed by atoms with Gasteiger partial charge in [-0.2, -0.15) is 9.97 Å². The Kier molecular flexibility index (Phi) is 4.36. The molecule has 0 spiro atoms. The molecule has 0 saturated carbocycles. The molecule has 0 saturated heterocycles. The molecule has 0 radical (unpaired) electrons. The molecule has 0 bridgehead atoms. The first-order valence-corrected chi connectivity index (χ1v) is 6.67. The molecule has 2 aromatic rings. The Bertz CT molecular complexity index is 670. The van der Waals surface area contributed by atoms with Gasteiger partial charge in [-0.15, -0.1) is 0 Å². The smallest absolute Gasteiger partial charge is 0.279 e. The third kappa shape index (κ3) is 2.81. The number of hydrazine groups is 1. The largest absolute Gasteiger partial charge is 0.356 e. The number of rotatable bonds is 4. The van der Waals surface area contributed by atoms with Crippen molar-refractivity contribution in [3.8, 4) is 5.69 Å². The van der Waals surface area contributed by atoms with E-state index in [2.05, 4.69) is 9.97 Å². The second kappa shape index (κ2) is 6.02. The van der Waals surface area contributed by atoms with E-state index in [1.165, 1.54) is 9.58 Å². The number of nitrogens with two attached hydrogens (primary N) is 1. The molecule has 20 heavy (non-hydrogen) atoms. The average Bonchev–Trinajstić information content (AvgIpc) is 2.40. The van der Waals surface area contributed by atoms with Gasteiger partial charge in [-0.25, -0.2) is 15.2 Å². The van der Waals surface area contributed by atoms with Gasteiger partial charge in [-0.3, -0.25) is 5.01 Å². The number of hydrogen-bond acceptors (Lipinski definition) is 5. The van der Waals surface area contributed by atoms with Gasteiger partial charge in [0.25, 0.3) is 0 Å². The van der Waals surface area contributed by atoms with E-state index >= 15 is 0 Å². The topological polar surface area (TPSA) is 77.0 Å². The van der Waals surface area contributed by atoms with E-state index in [0.717, 1.165) is 6.42 Å².